The van der Waals surface area contributed by atoms with Gasteiger partial charge in [0, 0.05) is 20.0 Å². The van der Waals surface area contributed by atoms with Crippen LogP contribution >= 0.6 is 15.9 Å². The summed E-state index contributed by atoms with van der Waals surface area (Å²) in [6.07, 6.45) is 1.49. The molecule has 14 heavy (non-hydrogen) atoms. The summed E-state index contributed by atoms with van der Waals surface area (Å²) in [6, 6.07) is 0. The summed E-state index contributed by atoms with van der Waals surface area (Å²) in [7, 11) is 1.81. The van der Waals surface area contributed by atoms with Crippen LogP contribution in [0.2, 0.25) is 0 Å². The molecular formula is C9H12BrN3O. The Kier molecular flexibility index (Phi) is 2.34. The van der Waals surface area contributed by atoms with Gasteiger partial charge in [0.05, 0.1) is 5.69 Å². The number of amides is 1. The maximum Gasteiger partial charge on any atom is 0.227 e. The molecule has 0 aromatic carbocycles. The Morgan fingerprint density at radius 1 is 1.50 bits per heavy atom. The molecule has 76 valence electrons. The Morgan fingerprint density at radius 3 is 2.93 bits per heavy atom. The van der Waals surface area contributed by atoms with Crippen molar-refractivity contribution in [3.63, 3.8) is 0 Å². The second-order valence-electron chi connectivity index (χ2n) is 3.50. The van der Waals surface area contributed by atoms with Crippen LogP contribution in [0.4, 0.5) is 5.82 Å². The summed E-state index contributed by atoms with van der Waals surface area (Å²) in [5, 5.41) is 0. The molecular weight excluding hydrogens is 246 g/mol. The van der Waals surface area contributed by atoms with E-state index in [-0.39, 0.29) is 5.91 Å². The standard InChI is InChI=1S/C9H12BrN3O/c1-6-8-12(2)7(14)4-3-5-13(8)9(10)11-6/h3-5H2,1-2H3. The second-order valence-corrected chi connectivity index (χ2v) is 4.21. The zero-order valence-corrected chi connectivity index (χ0v) is 9.84. The highest BCUT2D eigenvalue weighted by molar-refractivity contribution is 9.10. The molecule has 0 atom stereocenters. The fraction of sp³-hybridized carbons (Fsp3) is 0.556. The summed E-state index contributed by atoms with van der Waals surface area (Å²) in [5.41, 5.74) is 0.898. The summed E-state index contributed by atoms with van der Waals surface area (Å²) in [6.45, 7) is 2.78. The Hall–Kier alpha value is -0.840. The van der Waals surface area contributed by atoms with Gasteiger partial charge in [-0.1, -0.05) is 0 Å². The van der Waals surface area contributed by atoms with Crippen molar-refractivity contribution in [2.24, 2.45) is 0 Å². The first-order valence-corrected chi connectivity index (χ1v) is 5.39. The number of carbonyl (C=O) groups is 1. The van der Waals surface area contributed by atoms with Gasteiger partial charge < -0.3 is 4.57 Å². The monoisotopic (exact) mass is 257 g/mol. The Bertz CT molecular complexity index is 386. The van der Waals surface area contributed by atoms with Crippen molar-refractivity contribution in [3.8, 4) is 0 Å². The van der Waals surface area contributed by atoms with Gasteiger partial charge >= 0.3 is 0 Å². The quantitative estimate of drug-likeness (QED) is 0.710. The number of hydrogen-bond donors (Lipinski definition) is 0. The Morgan fingerprint density at radius 2 is 2.21 bits per heavy atom. The lowest BCUT2D eigenvalue weighted by atomic mass is 10.3. The lowest BCUT2D eigenvalue weighted by Gasteiger charge is -2.15. The van der Waals surface area contributed by atoms with Crippen LogP contribution in [0.3, 0.4) is 0 Å². The predicted octanol–water partition coefficient (Wildman–Crippen LogP) is 1.71. The van der Waals surface area contributed by atoms with E-state index in [2.05, 4.69) is 20.9 Å². The maximum absolute atomic E-state index is 11.6. The molecule has 5 heteroatoms. The summed E-state index contributed by atoms with van der Waals surface area (Å²) >= 11 is 3.40. The minimum atomic E-state index is 0.166. The number of aryl methyl sites for hydroxylation is 1. The molecule has 0 aliphatic carbocycles. The number of halogens is 1. The van der Waals surface area contributed by atoms with Crippen LogP contribution in [0, 0.1) is 6.92 Å². The van der Waals surface area contributed by atoms with Crippen LogP contribution in [0.15, 0.2) is 4.73 Å². The van der Waals surface area contributed by atoms with Crippen LogP contribution in [0.5, 0.6) is 0 Å². The van der Waals surface area contributed by atoms with Crippen molar-refractivity contribution in [1.29, 1.82) is 0 Å². The lowest BCUT2D eigenvalue weighted by Crippen LogP contribution is -2.26. The maximum atomic E-state index is 11.6. The fourth-order valence-corrected chi connectivity index (χ4v) is 2.44. The number of nitrogens with zero attached hydrogens (tertiary/aromatic N) is 3. The number of fused-ring (bicyclic) bond motifs is 1. The zero-order valence-electron chi connectivity index (χ0n) is 8.25. The van der Waals surface area contributed by atoms with Gasteiger partial charge in [-0.05, 0) is 29.3 Å². The molecule has 0 radical (unpaired) electrons. The third kappa shape index (κ3) is 1.35. The van der Waals surface area contributed by atoms with E-state index in [1.165, 1.54) is 0 Å². The third-order valence-electron chi connectivity index (χ3n) is 2.53. The zero-order chi connectivity index (χ0) is 10.3. The van der Waals surface area contributed by atoms with E-state index < -0.39 is 0 Å². The van der Waals surface area contributed by atoms with Crippen molar-refractivity contribution in [1.82, 2.24) is 9.55 Å². The normalized spacial score (nSPS) is 16.8. The SMILES string of the molecule is Cc1nc(Br)n2c1N(C)C(=O)CCC2. The van der Waals surface area contributed by atoms with Crippen molar-refractivity contribution in [3.05, 3.63) is 10.4 Å². The number of aromatic nitrogens is 2. The van der Waals surface area contributed by atoms with Gasteiger partial charge in [0.1, 0.15) is 5.82 Å². The molecule has 0 spiro atoms. The van der Waals surface area contributed by atoms with Crippen molar-refractivity contribution >= 4 is 27.7 Å². The molecule has 1 amide bonds. The van der Waals surface area contributed by atoms with E-state index >= 15 is 0 Å². The highest BCUT2D eigenvalue weighted by Gasteiger charge is 2.23. The summed E-state index contributed by atoms with van der Waals surface area (Å²) < 4.78 is 2.85. The summed E-state index contributed by atoms with van der Waals surface area (Å²) in [4.78, 5) is 17.6. The van der Waals surface area contributed by atoms with E-state index in [0.29, 0.717) is 6.42 Å². The van der Waals surface area contributed by atoms with Gasteiger partial charge in [-0.2, -0.15) is 0 Å². The van der Waals surface area contributed by atoms with Gasteiger partial charge in [-0.3, -0.25) is 9.69 Å². The van der Waals surface area contributed by atoms with Crippen LogP contribution in [0.25, 0.3) is 0 Å². The smallest absolute Gasteiger partial charge is 0.227 e. The van der Waals surface area contributed by atoms with Gasteiger partial charge in [-0.15, -0.1) is 0 Å². The average molecular weight is 258 g/mol. The lowest BCUT2D eigenvalue weighted by molar-refractivity contribution is -0.118. The predicted molar refractivity (Wildman–Crippen MR) is 57.3 cm³/mol. The first kappa shape index (κ1) is 9.71. The van der Waals surface area contributed by atoms with Gasteiger partial charge in [0.15, 0.2) is 4.73 Å². The second kappa shape index (κ2) is 3.38. The minimum absolute atomic E-state index is 0.166. The average Bonchev–Trinajstić information content (AvgIpc) is 2.29. The Labute approximate surface area is 91.0 Å². The molecule has 4 nitrogen and oxygen atoms in total. The summed E-state index contributed by atoms with van der Waals surface area (Å²) in [5.74, 6) is 1.08. The molecule has 1 aliphatic rings. The van der Waals surface area contributed by atoms with E-state index in [1.54, 1.807) is 11.9 Å². The Balaban J connectivity index is 2.56. The van der Waals surface area contributed by atoms with E-state index in [0.717, 1.165) is 29.2 Å². The minimum Gasteiger partial charge on any atom is -0.305 e. The molecule has 0 unspecified atom stereocenters. The molecule has 2 heterocycles. The highest BCUT2D eigenvalue weighted by atomic mass is 79.9. The van der Waals surface area contributed by atoms with Gasteiger partial charge in [-0.25, -0.2) is 4.98 Å². The van der Waals surface area contributed by atoms with Crippen LogP contribution in [-0.4, -0.2) is 22.5 Å². The first-order chi connectivity index (χ1) is 6.61. The molecule has 0 saturated carbocycles. The van der Waals surface area contributed by atoms with Gasteiger partial charge in [0.25, 0.3) is 0 Å². The molecule has 0 fully saturated rings. The number of carbonyl (C=O) groups excluding carboxylic acids is 1. The van der Waals surface area contributed by atoms with Crippen molar-refractivity contribution < 1.29 is 4.79 Å². The van der Waals surface area contributed by atoms with E-state index in [1.807, 2.05) is 11.5 Å². The molecule has 1 aliphatic heterocycles. The number of imidazole rings is 1. The molecule has 2 rings (SSSR count). The van der Waals surface area contributed by atoms with Crippen LogP contribution < -0.4 is 4.90 Å². The molecule has 0 N–H and O–H groups in total. The first-order valence-electron chi connectivity index (χ1n) is 4.60. The fourth-order valence-electron chi connectivity index (χ4n) is 1.83. The van der Waals surface area contributed by atoms with E-state index in [4.69, 9.17) is 0 Å². The topological polar surface area (TPSA) is 38.1 Å². The van der Waals surface area contributed by atoms with Crippen molar-refractivity contribution in [2.75, 3.05) is 11.9 Å². The third-order valence-corrected chi connectivity index (χ3v) is 3.13. The number of rotatable bonds is 0. The number of anilines is 1. The molecule has 0 saturated heterocycles. The molecule has 0 bridgehead atoms. The van der Waals surface area contributed by atoms with E-state index in [9.17, 15) is 4.79 Å². The highest BCUT2D eigenvalue weighted by Crippen LogP contribution is 2.27. The molecule has 1 aromatic rings. The molecule has 1 aromatic heterocycles. The van der Waals surface area contributed by atoms with Crippen LogP contribution in [-0.2, 0) is 11.3 Å². The number of hydrogen-bond acceptors (Lipinski definition) is 2. The van der Waals surface area contributed by atoms with Crippen molar-refractivity contribution in [2.45, 2.75) is 26.3 Å². The largest absolute Gasteiger partial charge is 0.305 e. The van der Waals surface area contributed by atoms with Gasteiger partial charge in [0.2, 0.25) is 5.91 Å². The van der Waals surface area contributed by atoms with Crippen LogP contribution in [0.1, 0.15) is 18.5 Å².